The van der Waals surface area contributed by atoms with Crippen molar-refractivity contribution in [1.82, 2.24) is 4.90 Å². The first-order valence-electron chi connectivity index (χ1n) is 10.3. The molecule has 1 aliphatic heterocycles. The number of amides is 1. The quantitative estimate of drug-likeness (QED) is 0.608. The van der Waals surface area contributed by atoms with E-state index in [4.69, 9.17) is 4.42 Å². The minimum atomic E-state index is -0.320. The lowest BCUT2D eigenvalue weighted by Gasteiger charge is -2.35. The molecule has 0 bridgehead atoms. The molecular weight excluding hydrogens is 380 g/mol. The van der Waals surface area contributed by atoms with E-state index in [0.717, 1.165) is 31.3 Å². The number of carbonyl (C=O) groups excluding carboxylic acids is 2. The number of benzene rings is 2. The zero-order valence-corrected chi connectivity index (χ0v) is 17.2. The number of Topliss-reactive ketones (excluding diaryl/α,β-unsaturated/α-hetero) is 1. The van der Waals surface area contributed by atoms with Gasteiger partial charge < -0.3 is 14.8 Å². The normalized spacial score (nSPS) is 16.5. The van der Waals surface area contributed by atoms with E-state index in [-0.39, 0.29) is 29.2 Å². The van der Waals surface area contributed by atoms with Crippen LogP contribution in [0.4, 0.5) is 5.69 Å². The van der Waals surface area contributed by atoms with Crippen molar-refractivity contribution in [2.45, 2.75) is 38.6 Å². The van der Waals surface area contributed by atoms with Gasteiger partial charge in [0.25, 0.3) is 0 Å². The predicted octanol–water partition coefficient (Wildman–Crippen LogP) is 4.55. The van der Waals surface area contributed by atoms with E-state index < -0.39 is 0 Å². The van der Waals surface area contributed by atoms with E-state index >= 15 is 0 Å². The number of aromatic hydroxyl groups is 1. The number of furan rings is 1. The van der Waals surface area contributed by atoms with Crippen LogP contribution >= 0.6 is 0 Å². The molecule has 0 radical (unpaired) electrons. The molecule has 1 amide bonds. The van der Waals surface area contributed by atoms with Gasteiger partial charge in [-0.25, -0.2) is 0 Å². The Bertz CT molecular complexity index is 1060. The van der Waals surface area contributed by atoms with Gasteiger partial charge in [0.15, 0.2) is 11.5 Å². The third-order valence-electron chi connectivity index (χ3n) is 5.98. The van der Waals surface area contributed by atoms with E-state index in [2.05, 4.69) is 10.2 Å². The summed E-state index contributed by atoms with van der Waals surface area (Å²) in [6.45, 7) is 4.95. The van der Waals surface area contributed by atoms with Crippen molar-refractivity contribution in [2.24, 2.45) is 0 Å². The van der Waals surface area contributed by atoms with Gasteiger partial charge in [-0.05, 0) is 68.6 Å². The first-order chi connectivity index (χ1) is 14.4. The Labute approximate surface area is 175 Å². The van der Waals surface area contributed by atoms with Crippen LogP contribution in [0.15, 0.2) is 52.9 Å². The highest BCUT2D eigenvalue weighted by atomic mass is 16.3. The first-order valence-corrected chi connectivity index (χ1v) is 10.3. The maximum absolute atomic E-state index is 13.0. The zero-order valence-electron chi connectivity index (χ0n) is 17.2. The van der Waals surface area contributed by atoms with E-state index in [1.54, 1.807) is 18.2 Å². The number of ketones is 1. The van der Waals surface area contributed by atoms with E-state index in [9.17, 15) is 14.7 Å². The van der Waals surface area contributed by atoms with Gasteiger partial charge in [-0.1, -0.05) is 24.3 Å². The monoisotopic (exact) mass is 406 g/mol. The average molecular weight is 406 g/mol. The molecule has 156 valence electrons. The molecule has 0 aliphatic carbocycles. The molecule has 1 unspecified atom stereocenters. The Balaban J connectivity index is 1.44. The smallest absolute Gasteiger partial charge is 0.241 e. The highest BCUT2D eigenvalue weighted by Gasteiger charge is 2.29. The topological polar surface area (TPSA) is 82.8 Å². The number of phenols is 1. The molecule has 1 atom stereocenters. The van der Waals surface area contributed by atoms with Crippen LogP contribution in [0.25, 0.3) is 11.0 Å². The SMILES string of the molecule is CC(=O)c1oc2ccccc2c1NC(=O)C(C)N1CCC(c2ccc(O)cc2)CC1. The van der Waals surface area contributed by atoms with Crippen LogP contribution in [0.2, 0.25) is 0 Å². The van der Waals surface area contributed by atoms with Crippen LogP contribution in [0.1, 0.15) is 48.7 Å². The molecule has 1 fully saturated rings. The zero-order chi connectivity index (χ0) is 21.3. The molecule has 0 spiro atoms. The number of piperidine rings is 1. The summed E-state index contributed by atoms with van der Waals surface area (Å²) in [7, 11) is 0. The molecule has 30 heavy (non-hydrogen) atoms. The number of anilines is 1. The molecule has 6 nitrogen and oxygen atoms in total. The van der Waals surface area contributed by atoms with Crippen LogP contribution in [0, 0.1) is 0 Å². The van der Waals surface area contributed by atoms with Crippen LogP contribution in [0.3, 0.4) is 0 Å². The van der Waals surface area contributed by atoms with Crippen molar-refractivity contribution in [1.29, 1.82) is 0 Å². The van der Waals surface area contributed by atoms with Crippen LogP contribution in [0.5, 0.6) is 5.75 Å². The van der Waals surface area contributed by atoms with Crippen molar-refractivity contribution in [3.8, 4) is 5.75 Å². The van der Waals surface area contributed by atoms with E-state index in [1.807, 2.05) is 37.3 Å². The minimum absolute atomic E-state index is 0.146. The molecule has 4 rings (SSSR count). The van der Waals surface area contributed by atoms with Crippen LogP contribution in [-0.4, -0.2) is 40.8 Å². The fourth-order valence-corrected chi connectivity index (χ4v) is 4.18. The maximum Gasteiger partial charge on any atom is 0.241 e. The summed E-state index contributed by atoms with van der Waals surface area (Å²) in [5.41, 5.74) is 2.26. The number of carbonyl (C=O) groups is 2. The Morgan fingerprint density at radius 2 is 1.77 bits per heavy atom. The summed E-state index contributed by atoms with van der Waals surface area (Å²) in [5, 5.41) is 13.1. The second-order valence-corrected chi connectivity index (χ2v) is 7.93. The number of likely N-dealkylation sites (tertiary alicyclic amines) is 1. The standard InChI is InChI=1S/C24H26N2O4/c1-15(26-13-11-18(12-14-26)17-7-9-19(28)10-8-17)24(29)25-22-20-5-3-4-6-21(20)30-23(22)16(2)27/h3-10,15,18,28H,11-14H2,1-2H3,(H,25,29). The predicted molar refractivity (Wildman–Crippen MR) is 116 cm³/mol. The highest BCUT2D eigenvalue weighted by Crippen LogP contribution is 2.32. The van der Waals surface area contributed by atoms with Gasteiger partial charge in [0.1, 0.15) is 11.3 Å². The van der Waals surface area contributed by atoms with Crippen LogP contribution < -0.4 is 5.32 Å². The molecule has 6 heteroatoms. The number of hydrogen-bond donors (Lipinski definition) is 2. The lowest BCUT2D eigenvalue weighted by atomic mass is 9.89. The number of phenolic OH excluding ortho intramolecular Hbond substituents is 1. The molecule has 1 aliphatic rings. The third kappa shape index (κ3) is 3.96. The molecular formula is C24H26N2O4. The summed E-state index contributed by atoms with van der Waals surface area (Å²) in [6, 6.07) is 14.4. The third-order valence-corrected chi connectivity index (χ3v) is 5.98. The summed E-state index contributed by atoms with van der Waals surface area (Å²) in [4.78, 5) is 27.2. The molecule has 1 aromatic heterocycles. The summed E-state index contributed by atoms with van der Waals surface area (Å²) >= 11 is 0. The van der Waals surface area contributed by atoms with E-state index in [0.29, 0.717) is 17.2 Å². The number of fused-ring (bicyclic) bond motifs is 1. The summed E-state index contributed by atoms with van der Waals surface area (Å²) in [5.74, 6) is 0.524. The molecule has 2 aromatic carbocycles. The van der Waals surface area contributed by atoms with Gasteiger partial charge in [0.05, 0.1) is 11.7 Å². The van der Waals surface area contributed by atoms with Crippen molar-refractivity contribution >= 4 is 28.3 Å². The van der Waals surface area contributed by atoms with Gasteiger partial charge in [-0.3, -0.25) is 14.5 Å². The Hall–Kier alpha value is -3.12. The number of nitrogens with one attached hydrogen (secondary N) is 1. The summed E-state index contributed by atoms with van der Waals surface area (Å²) < 4.78 is 5.66. The maximum atomic E-state index is 13.0. The highest BCUT2D eigenvalue weighted by molar-refractivity contribution is 6.11. The minimum Gasteiger partial charge on any atom is -0.508 e. The fraction of sp³-hybridized carbons (Fsp3) is 0.333. The van der Waals surface area contributed by atoms with Gasteiger partial charge in [-0.2, -0.15) is 0 Å². The van der Waals surface area contributed by atoms with Crippen molar-refractivity contribution in [3.05, 3.63) is 59.9 Å². The number of para-hydroxylation sites is 1. The van der Waals surface area contributed by atoms with Gasteiger partial charge in [-0.15, -0.1) is 0 Å². The average Bonchev–Trinajstić information content (AvgIpc) is 3.13. The number of nitrogens with zero attached hydrogens (tertiary/aromatic N) is 1. The number of rotatable bonds is 5. The Kier molecular flexibility index (Phi) is 5.59. The largest absolute Gasteiger partial charge is 0.508 e. The number of hydrogen-bond acceptors (Lipinski definition) is 5. The van der Waals surface area contributed by atoms with Gasteiger partial charge in [0.2, 0.25) is 5.91 Å². The van der Waals surface area contributed by atoms with Crippen molar-refractivity contribution in [2.75, 3.05) is 18.4 Å². The lowest BCUT2D eigenvalue weighted by Crippen LogP contribution is -2.45. The summed E-state index contributed by atoms with van der Waals surface area (Å²) in [6.07, 6.45) is 1.91. The van der Waals surface area contributed by atoms with Crippen LogP contribution in [-0.2, 0) is 4.79 Å². The van der Waals surface area contributed by atoms with Crippen molar-refractivity contribution < 1.29 is 19.1 Å². The molecule has 3 aromatic rings. The second kappa shape index (κ2) is 8.32. The molecule has 2 N–H and O–H groups in total. The van der Waals surface area contributed by atoms with Crippen molar-refractivity contribution in [3.63, 3.8) is 0 Å². The molecule has 2 heterocycles. The lowest BCUT2D eigenvalue weighted by molar-refractivity contribution is -0.121. The second-order valence-electron chi connectivity index (χ2n) is 7.93. The molecule has 0 saturated carbocycles. The molecule has 1 saturated heterocycles. The van der Waals surface area contributed by atoms with E-state index in [1.165, 1.54) is 12.5 Å². The van der Waals surface area contributed by atoms with Gasteiger partial charge >= 0.3 is 0 Å². The Morgan fingerprint density at radius 1 is 1.10 bits per heavy atom. The fourth-order valence-electron chi connectivity index (χ4n) is 4.18. The Morgan fingerprint density at radius 3 is 2.43 bits per heavy atom. The van der Waals surface area contributed by atoms with Gasteiger partial charge in [0, 0.05) is 12.3 Å². The first kappa shape index (κ1) is 20.2.